The molecule has 0 saturated carbocycles. The van der Waals surface area contributed by atoms with Crippen molar-refractivity contribution in [3.05, 3.63) is 65.5 Å². The van der Waals surface area contributed by atoms with Crippen LogP contribution in [0.25, 0.3) is 5.82 Å². The van der Waals surface area contributed by atoms with Gasteiger partial charge in [-0.25, -0.2) is 19.0 Å². The molecule has 0 aliphatic carbocycles. The first kappa shape index (κ1) is 18.1. The van der Waals surface area contributed by atoms with Gasteiger partial charge in [0.25, 0.3) is 0 Å². The second-order valence-electron chi connectivity index (χ2n) is 5.75. The second-order valence-corrected chi connectivity index (χ2v) is 6.74. The van der Waals surface area contributed by atoms with Gasteiger partial charge in [0.2, 0.25) is 5.91 Å². The Balaban J connectivity index is 1.56. The molecule has 134 valence electrons. The lowest BCUT2D eigenvalue weighted by Crippen LogP contribution is -2.24. The maximum Gasteiger partial charge on any atom is 0.230 e. The molecule has 0 aliphatic heterocycles. The number of hydrogen-bond acceptors (Lipinski definition) is 5. The summed E-state index contributed by atoms with van der Waals surface area (Å²) in [5.74, 6) is 0.484. The van der Waals surface area contributed by atoms with Gasteiger partial charge in [0, 0.05) is 18.3 Å². The summed E-state index contributed by atoms with van der Waals surface area (Å²) in [5, 5.41) is 7.90. The van der Waals surface area contributed by atoms with Gasteiger partial charge in [-0.2, -0.15) is 5.10 Å². The molecule has 0 saturated heterocycles. The molecule has 2 heterocycles. The number of nitrogens with zero attached hydrogens (tertiary/aromatic N) is 4. The summed E-state index contributed by atoms with van der Waals surface area (Å²) in [4.78, 5) is 20.4. The number of aryl methyl sites for hydroxylation is 2. The molecule has 3 aromatic rings. The van der Waals surface area contributed by atoms with Crippen molar-refractivity contribution in [1.29, 1.82) is 0 Å². The summed E-state index contributed by atoms with van der Waals surface area (Å²) in [6, 6.07) is 9.81. The number of amides is 1. The van der Waals surface area contributed by atoms with E-state index in [1.54, 1.807) is 22.9 Å². The van der Waals surface area contributed by atoms with Crippen LogP contribution in [0.3, 0.4) is 0 Å². The van der Waals surface area contributed by atoms with Crippen molar-refractivity contribution in [1.82, 2.24) is 25.1 Å². The van der Waals surface area contributed by atoms with E-state index in [0.717, 1.165) is 17.0 Å². The minimum Gasteiger partial charge on any atom is -0.351 e. The normalized spacial score (nSPS) is 10.7. The van der Waals surface area contributed by atoms with Crippen LogP contribution in [0.4, 0.5) is 4.39 Å². The monoisotopic (exact) mass is 371 g/mol. The fraction of sp³-hybridized carbons (Fsp3) is 0.222. The minimum atomic E-state index is -0.294. The van der Waals surface area contributed by atoms with Crippen LogP contribution in [-0.4, -0.2) is 31.4 Å². The Morgan fingerprint density at radius 2 is 1.96 bits per heavy atom. The van der Waals surface area contributed by atoms with Gasteiger partial charge >= 0.3 is 0 Å². The fourth-order valence-corrected chi connectivity index (χ4v) is 3.07. The molecule has 0 aliphatic rings. The Labute approximate surface area is 154 Å². The molecule has 0 fully saturated rings. The van der Waals surface area contributed by atoms with Gasteiger partial charge in [-0.05, 0) is 37.6 Å². The molecule has 1 amide bonds. The summed E-state index contributed by atoms with van der Waals surface area (Å²) >= 11 is 1.32. The second kappa shape index (κ2) is 8.09. The number of thioether (sulfide) groups is 1. The number of carbonyl (C=O) groups excluding carboxylic acids is 1. The van der Waals surface area contributed by atoms with Crippen LogP contribution in [-0.2, 0) is 11.3 Å². The van der Waals surface area contributed by atoms with E-state index in [2.05, 4.69) is 20.4 Å². The molecule has 6 nitrogen and oxygen atoms in total. The smallest absolute Gasteiger partial charge is 0.230 e. The van der Waals surface area contributed by atoms with Crippen molar-refractivity contribution in [2.75, 3.05) is 5.75 Å². The summed E-state index contributed by atoms with van der Waals surface area (Å²) in [6.45, 7) is 4.24. The Bertz CT molecular complexity index is 910. The van der Waals surface area contributed by atoms with E-state index in [0.29, 0.717) is 17.4 Å². The van der Waals surface area contributed by atoms with Crippen LogP contribution < -0.4 is 5.32 Å². The zero-order chi connectivity index (χ0) is 18.5. The van der Waals surface area contributed by atoms with E-state index in [9.17, 15) is 9.18 Å². The van der Waals surface area contributed by atoms with Crippen molar-refractivity contribution >= 4 is 17.7 Å². The van der Waals surface area contributed by atoms with Crippen LogP contribution in [0, 0.1) is 19.7 Å². The Kier molecular flexibility index (Phi) is 5.62. The third-order valence-corrected chi connectivity index (χ3v) is 4.53. The standard InChI is InChI=1S/C18H18FN5OS/c1-12-7-13(2)24(23-12)16-8-18(22-11-21-16)26-10-17(25)20-9-14-3-5-15(19)6-4-14/h3-8,11H,9-10H2,1-2H3,(H,20,25). The molecule has 8 heteroatoms. The highest BCUT2D eigenvalue weighted by atomic mass is 32.2. The SMILES string of the molecule is Cc1cc(C)n(-c2cc(SCC(=O)NCc3ccc(F)cc3)ncn2)n1. The van der Waals surface area contributed by atoms with Gasteiger partial charge in [-0.15, -0.1) is 0 Å². The summed E-state index contributed by atoms with van der Waals surface area (Å²) in [6.07, 6.45) is 1.46. The topological polar surface area (TPSA) is 72.7 Å². The van der Waals surface area contributed by atoms with Gasteiger partial charge in [0.05, 0.1) is 11.4 Å². The third-order valence-electron chi connectivity index (χ3n) is 3.61. The van der Waals surface area contributed by atoms with Gasteiger partial charge < -0.3 is 5.32 Å². The van der Waals surface area contributed by atoms with Gasteiger partial charge in [-0.3, -0.25) is 4.79 Å². The molecular weight excluding hydrogens is 353 g/mol. The number of hydrogen-bond donors (Lipinski definition) is 1. The lowest BCUT2D eigenvalue weighted by Gasteiger charge is -2.07. The van der Waals surface area contributed by atoms with E-state index in [4.69, 9.17) is 0 Å². The molecule has 0 unspecified atom stereocenters. The quantitative estimate of drug-likeness (QED) is 0.533. The molecule has 0 bridgehead atoms. The number of benzene rings is 1. The number of halogens is 1. The molecule has 0 atom stereocenters. The number of aromatic nitrogens is 4. The molecule has 3 rings (SSSR count). The van der Waals surface area contributed by atoms with Gasteiger partial charge in [0.15, 0.2) is 5.82 Å². The van der Waals surface area contributed by atoms with Crippen molar-refractivity contribution in [2.24, 2.45) is 0 Å². The van der Waals surface area contributed by atoms with E-state index in [1.165, 1.54) is 30.2 Å². The third kappa shape index (κ3) is 4.66. The van der Waals surface area contributed by atoms with Crippen molar-refractivity contribution in [3.63, 3.8) is 0 Å². The van der Waals surface area contributed by atoms with Crippen LogP contribution in [0.2, 0.25) is 0 Å². The summed E-state index contributed by atoms with van der Waals surface area (Å²) in [5.41, 5.74) is 2.74. The van der Waals surface area contributed by atoms with E-state index in [-0.39, 0.29) is 17.5 Å². The highest BCUT2D eigenvalue weighted by Crippen LogP contribution is 2.18. The largest absolute Gasteiger partial charge is 0.351 e. The molecule has 26 heavy (non-hydrogen) atoms. The van der Waals surface area contributed by atoms with E-state index in [1.807, 2.05) is 19.9 Å². The fourth-order valence-electron chi connectivity index (χ4n) is 2.38. The highest BCUT2D eigenvalue weighted by molar-refractivity contribution is 7.99. The minimum absolute atomic E-state index is 0.120. The lowest BCUT2D eigenvalue weighted by atomic mass is 10.2. The molecule has 2 aromatic heterocycles. The summed E-state index contributed by atoms with van der Waals surface area (Å²) < 4.78 is 14.6. The zero-order valence-corrected chi connectivity index (χ0v) is 15.3. The van der Waals surface area contributed by atoms with Crippen LogP contribution in [0.15, 0.2) is 47.8 Å². The molecule has 1 aromatic carbocycles. The maximum absolute atomic E-state index is 12.9. The highest BCUT2D eigenvalue weighted by Gasteiger charge is 2.09. The van der Waals surface area contributed by atoms with Crippen LogP contribution >= 0.6 is 11.8 Å². The average Bonchev–Trinajstić information content (AvgIpc) is 2.98. The predicted molar refractivity (Wildman–Crippen MR) is 97.6 cm³/mol. The molecule has 0 radical (unpaired) electrons. The van der Waals surface area contributed by atoms with Crippen molar-refractivity contribution in [3.8, 4) is 5.82 Å². The zero-order valence-electron chi connectivity index (χ0n) is 14.4. The maximum atomic E-state index is 12.9. The Hall–Kier alpha value is -2.74. The number of carbonyl (C=O) groups is 1. The van der Waals surface area contributed by atoms with Gasteiger partial charge in [0.1, 0.15) is 17.2 Å². The van der Waals surface area contributed by atoms with Crippen LogP contribution in [0.5, 0.6) is 0 Å². The summed E-state index contributed by atoms with van der Waals surface area (Å²) in [7, 11) is 0. The predicted octanol–water partition coefficient (Wildman–Crippen LogP) is 2.83. The first-order valence-corrected chi connectivity index (χ1v) is 8.99. The van der Waals surface area contributed by atoms with E-state index >= 15 is 0 Å². The Morgan fingerprint density at radius 1 is 1.19 bits per heavy atom. The Morgan fingerprint density at radius 3 is 2.65 bits per heavy atom. The lowest BCUT2D eigenvalue weighted by molar-refractivity contribution is -0.118. The van der Waals surface area contributed by atoms with E-state index < -0.39 is 0 Å². The van der Waals surface area contributed by atoms with Crippen molar-refractivity contribution < 1.29 is 9.18 Å². The molecule has 1 N–H and O–H groups in total. The van der Waals surface area contributed by atoms with Crippen molar-refractivity contribution in [2.45, 2.75) is 25.4 Å². The number of nitrogens with one attached hydrogen (secondary N) is 1. The number of rotatable bonds is 6. The first-order valence-electron chi connectivity index (χ1n) is 8.01. The first-order chi connectivity index (χ1) is 12.5. The average molecular weight is 371 g/mol. The molecule has 0 spiro atoms. The van der Waals surface area contributed by atoms with Gasteiger partial charge in [-0.1, -0.05) is 23.9 Å². The van der Waals surface area contributed by atoms with Crippen LogP contribution in [0.1, 0.15) is 17.0 Å². The molecular formula is C18H18FN5OS.